The summed E-state index contributed by atoms with van der Waals surface area (Å²) < 4.78 is 40.5. The number of aromatic nitrogens is 2. The van der Waals surface area contributed by atoms with Crippen molar-refractivity contribution in [3.63, 3.8) is 0 Å². The van der Waals surface area contributed by atoms with Crippen molar-refractivity contribution in [2.75, 3.05) is 0 Å². The summed E-state index contributed by atoms with van der Waals surface area (Å²) in [5, 5.41) is 0. The van der Waals surface area contributed by atoms with Crippen LogP contribution in [-0.4, -0.2) is 35.7 Å². The number of benzene rings is 1. The molecule has 1 saturated heterocycles. The van der Waals surface area contributed by atoms with E-state index in [1.807, 2.05) is 41.5 Å². The van der Waals surface area contributed by atoms with Crippen molar-refractivity contribution in [1.29, 1.82) is 0 Å². The van der Waals surface area contributed by atoms with Crippen LogP contribution >= 0.6 is 0 Å². The van der Waals surface area contributed by atoms with Crippen molar-refractivity contribution in [2.45, 2.75) is 57.6 Å². The zero-order valence-corrected chi connectivity index (χ0v) is 18.4. The van der Waals surface area contributed by atoms with E-state index in [4.69, 9.17) is 9.31 Å². The van der Waals surface area contributed by atoms with E-state index in [2.05, 4.69) is 4.98 Å². The molecule has 0 saturated carbocycles. The van der Waals surface area contributed by atoms with Crippen molar-refractivity contribution in [2.24, 2.45) is 0 Å². The van der Waals surface area contributed by atoms with Crippen LogP contribution in [0.4, 0.5) is 0 Å². The van der Waals surface area contributed by atoms with Crippen molar-refractivity contribution < 1.29 is 17.7 Å². The second kappa shape index (κ2) is 6.42. The predicted molar refractivity (Wildman–Crippen MR) is 114 cm³/mol. The topological polar surface area (TPSA) is 70.4 Å². The molecule has 0 spiro atoms. The van der Waals surface area contributed by atoms with E-state index in [0.29, 0.717) is 16.5 Å². The number of hydrogen-bond acceptors (Lipinski definition) is 5. The van der Waals surface area contributed by atoms with Gasteiger partial charge >= 0.3 is 7.12 Å². The fourth-order valence-corrected chi connectivity index (χ4v) is 4.88. The van der Waals surface area contributed by atoms with Gasteiger partial charge in [0, 0.05) is 17.9 Å². The summed E-state index contributed by atoms with van der Waals surface area (Å²) in [6, 6.07) is 8.63. The highest BCUT2D eigenvalue weighted by atomic mass is 32.2. The Bertz CT molecular complexity index is 1180. The lowest BCUT2D eigenvalue weighted by Gasteiger charge is -2.32. The molecule has 2 aromatic heterocycles. The Hall–Kier alpha value is -2.16. The first-order valence-corrected chi connectivity index (χ1v) is 11.0. The average molecular weight is 412 g/mol. The minimum absolute atomic E-state index is 0.226. The second-order valence-electron chi connectivity index (χ2n) is 8.61. The molecule has 1 fully saturated rings. The van der Waals surface area contributed by atoms with Gasteiger partial charge in [-0.15, -0.1) is 0 Å². The van der Waals surface area contributed by atoms with Gasteiger partial charge in [0.05, 0.1) is 27.1 Å². The highest BCUT2D eigenvalue weighted by Crippen LogP contribution is 2.37. The smallest absolute Gasteiger partial charge is 0.399 e. The summed E-state index contributed by atoms with van der Waals surface area (Å²) >= 11 is 0. The van der Waals surface area contributed by atoms with E-state index < -0.39 is 28.3 Å². The molecule has 0 N–H and O–H groups in total. The van der Waals surface area contributed by atoms with E-state index in [9.17, 15) is 8.42 Å². The Kier molecular flexibility index (Phi) is 4.46. The molecule has 3 aromatic rings. The SMILES string of the molecule is Cc1ccc(S(=O)(=O)n2cc(B3OC(C)(C)C(C)(C)O3)c3nccc(C)c32)cc1. The van der Waals surface area contributed by atoms with Gasteiger partial charge < -0.3 is 9.31 Å². The van der Waals surface area contributed by atoms with Crippen molar-refractivity contribution in [3.8, 4) is 0 Å². The van der Waals surface area contributed by atoms with E-state index in [-0.39, 0.29) is 4.90 Å². The van der Waals surface area contributed by atoms with Crippen molar-refractivity contribution in [3.05, 3.63) is 53.9 Å². The third-order valence-electron chi connectivity index (χ3n) is 5.96. The standard InChI is InChI=1S/C21H25BN2O4S/c1-14-7-9-16(10-8-14)29(25,26)24-13-17(18-19(24)15(2)11-12-23-18)22-27-20(3,4)21(5,6)28-22/h7-13H,1-6H3. The van der Waals surface area contributed by atoms with Gasteiger partial charge in [0.2, 0.25) is 0 Å². The molecule has 0 atom stereocenters. The van der Waals surface area contributed by atoms with Gasteiger partial charge in [-0.3, -0.25) is 4.98 Å². The van der Waals surface area contributed by atoms with Crippen LogP contribution in [0.3, 0.4) is 0 Å². The maximum absolute atomic E-state index is 13.4. The van der Waals surface area contributed by atoms with Gasteiger partial charge in [0.1, 0.15) is 0 Å². The first kappa shape index (κ1) is 20.1. The highest BCUT2D eigenvalue weighted by molar-refractivity contribution is 7.90. The fourth-order valence-electron chi connectivity index (χ4n) is 3.45. The Morgan fingerprint density at radius 3 is 2.14 bits per heavy atom. The van der Waals surface area contributed by atoms with Gasteiger partial charge in [0.25, 0.3) is 10.0 Å². The molecule has 1 aliphatic heterocycles. The first-order valence-electron chi connectivity index (χ1n) is 9.58. The van der Waals surface area contributed by atoms with Crippen LogP contribution < -0.4 is 5.46 Å². The first-order chi connectivity index (χ1) is 13.4. The van der Waals surface area contributed by atoms with Crippen molar-refractivity contribution >= 4 is 33.6 Å². The van der Waals surface area contributed by atoms with Gasteiger partial charge in [-0.1, -0.05) is 17.7 Å². The maximum Gasteiger partial charge on any atom is 0.498 e. The molecule has 0 radical (unpaired) electrons. The highest BCUT2D eigenvalue weighted by Gasteiger charge is 2.52. The Morgan fingerprint density at radius 1 is 0.966 bits per heavy atom. The molecule has 0 bridgehead atoms. The molecule has 0 aliphatic carbocycles. The lowest BCUT2D eigenvalue weighted by molar-refractivity contribution is 0.00578. The number of nitrogens with zero attached hydrogens (tertiary/aromatic N) is 2. The number of pyridine rings is 1. The predicted octanol–water partition coefficient (Wildman–Crippen LogP) is 3.19. The third kappa shape index (κ3) is 3.10. The van der Waals surface area contributed by atoms with Crippen LogP contribution in [-0.2, 0) is 19.3 Å². The quantitative estimate of drug-likeness (QED) is 0.618. The Morgan fingerprint density at radius 2 is 1.55 bits per heavy atom. The molecule has 8 heteroatoms. The van der Waals surface area contributed by atoms with Crippen LogP contribution in [0.25, 0.3) is 11.0 Å². The molecule has 152 valence electrons. The summed E-state index contributed by atoms with van der Waals surface area (Å²) in [6.07, 6.45) is 3.26. The van der Waals surface area contributed by atoms with E-state index in [0.717, 1.165) is 11.1 Å². The minimum Gasteiger partial charge on any atom is -0.399 e. The average Bonchev–Trinajstić information content (AvgIpc) is 3.12. The molecule has 0 unspecified atom stereocenters. The van der Waals surface area contributed by atoms with E-state index in [1.54, 1.807) is 42.7 Å². The van der Waals surface area contributed by atoms with Crippen molar-refractivity contribution in [1.82, 2.24) is 8.96 Å². The van der Waals surface area contributed by atoms with Crippen LogP contribution in [0.2, 0.25) is 0 Å². The van der Waals surface area contributed by atoms with Gasteiger partial charge in [-0.05, 0) is 65.3 Å². The summed E-state index contributed by atoms with van der Waals surface area (Å²) in [5.41, 5.74) is 2.46. The summed E-state index contributed by atoms with van der Waals surface area (Å²) in [6.45, 7) is 11.7. The lowest BCUT2D eigenvalue weighted by Crippen LogP contribution is -2.41. The minimum atomic E-state index is -3.81. The molecule has 1 aliphatic rings. The second-order valence-corrected chi connectivity index (χ2v) is 10.4. The number of aryl methyl sites for hydroxylation is 2. The Balaban J connectivity index is 1.93. The summed E-state index contributed by atoms with van der Waals surface area (Å²) in [7, 11) is -4.51. The zero-order chi connectivity index (χ0) is 21.2. The fraction of sp³-hybridized carbons (Fsp3) is 0.381. The normalized spacial score (nSPS) is 18.5. The van der Waals surface area contributed by atoms with Gasteiger partial charge in [-0.25, -0.2) is 12.4 Å². The monoisotopic (exact) mass is 412 g/mol. The molecule has 3 heterocycles. The van der Waals surface area contributed by atoms with Crippen LogP contribution in [0.1, 0.15) is 38.8 Å². The van der Waals surface area contributed by atoms with Crippen LogP contribution in [0, 0.1) is 13.8 Å². The molecular weight excluding hydrogens is 387 g/mol. The van der Waals surface area contributed by atoms with Gasteiger partial charge in [-0.2, -0.15) is 0 Å². The third-order valence-corrected chi connectivity index (χ3v) is 7.63. The summed E-state index contributed by atoms with van der Waals surface area (Å²) in [4.78, 5) is 4.70. The Labute approximate surface area is 172 Å². The molecule has 1 aromatic carbocycles. The van der Waals surface area contributed by atoms with Crippen LogP contribution in [0.15, 0.2) is 47.6 Å². The van der Waals surface area contributed by atoms with Gasteiger partial charge in [0.15, 0.2) is 0 Å². The zero-order valence-electron chi connectivity index (χ0n) is 17.6. The molecule has 29 heavy (non-hydrogen) atoms. The lowest BCUT2D eigenvalue weighted by atomic mass is 9.80. The maximum atomic E-state index is 13.4. The molecule has 6 nitrogen and oxygen atoms in total. The van der Waals surface area contributed by atoms with Crippen LogP contribution in [0.5, 0.6) is 0 Å². The largest absolute Gasteiger partial charge is 0.498 e. The van der Waals surface area contributed by atoms with E-state index >= 15 is 0 Å². The number of rotatable bonds is 3. The summed E-state index contributed by atoms with van der Waals surface area (Å²) in [5.74, 6) is 0. The molecule has 0 amide bonds. The van der Waals surface area contributed by atoms with E-state index in [1.165, 1.54) is 3.97 Å². The number of fused-ring (bicyclic) bond motifs is 1. The molecular formula is C21H25BN2O4S. The molecule has 4 rings (SSSR count). The number of hydrogen-bond donors (Lipinski definition) is 0.